The van der Waals surface area contributed by atoms with E-state index in [-0.39, 0.29) is 5.57 Å². The Morgan fingerprint density at radius 3 is 2.61 bits per heavy atom. The number of halogens is 1. The summed E-state index contributed by atoms with van der Waals surface area (Å²) in [6, 6.07) is 12.8. The van der Waals surface area contributed by atoms with E-state index in [9.17, 15) is 10.1 Å². The zero-order valence-corrected chi connectivity index (χ0v) is 16.8. The number of nitriles is 1. The van der Waals surface area contributed by atoms with Crippen molar-refractivity contribution in [3.63, 3.8) is 0 Å². The molecule has 0 aliphatic rings. The van der Waals surface area contributed by atoms with Gasteiger partial charge in [0.05, 0.1) is 14.2 Å². The molecule has 2 aromatic carbocycles. The van der Waals surface area contributed by atoms with Crippen LogP contribution in [0.1, 0.15) is 11.1 Å². The number of methoxy groups -OCH3 is 2. The largest absolute Gasteiger partial charge is 0.493 e. The number of carbonyl (C=O) groups is 1. The highest BCUT2D eigenvalue weighted by Gasteiger charge is 2.11. The summed E-state index contributed by atoms with van der Waals surface area (Å²) in [6.07, 6.45) is 2.10. The number of hydrogen-bond donors (Lipinski definition) is 2. The smallest absolute Gasteiger partial charge is 0.267 e. The molecule has 0 saturated carbocycles. The highest BCUT2D eigenvalue weighted by Crippen LogP contribution is 2.27. The number of carbonyl (C=O) groups excluding carboxylic acids is 1. The van der Waals surface area contributed by atoms with Gasteiger partial charge in [-0.3, -0.25) is 4.79 Å². The zero-order chi connectivity index (χ0) is 20.5. The number of anilines is 1. The lowest BCUT2D eigenvalue weighted by Gasteiger charge is -2.10. The maximum Gasteiger partial charge on any atom is 0.267 e. The van der Waals surface area contributed by atoms with E-state index in [2.05, 4.69) is 10.6 Å². The van der Waals surface area contributed by atoms with Crippen molar-refractivity contribution >= 4 is 23.2 Å². The average molecular weight is 400 g/mol. The summed E-state index contributed by atoms with van der Waals surface area (Å²) in [4.78, 5) is 12.3. The maximum atomic E-state index is 12.3. The summed E-state index contributed by atoms with van der Waals surface area (Å²) < 4.78 is 10.5. The van der Waals surface area contributed by atoms with Crippen molar-refractivity contribution in [2.75, 3.05) is 26.1 Å². The quantitative estimate of drug-likeness (QED) is 0.400. The molecular weight excluding hydrogens is 378 g/mol. The summed E-state index contributed by atoms with van der Waals surface area (Å²) in [5.41, 5.74) is 2.45. The number of rotatable bonds is 8. The summed E-state index contributed by atoms with van der Waals surface area (Å²) in [7, 11) is 3.17. The normalized spacial score (nSPS) is 10.8. The Balaban J connectivity index is 1.95. The summed E-state index contributed by atoms with van der Waals surface area (Å²) in [6.45, 7) is 2.40. The fourth-order valence-electron chi connectivity index (χ4n) is 2.49. The van der Waals surface area contributed by atoms with Gasteiger partial charge in [0.2, 0.25) is 0 Å². The van der Waals surface area contributed by atoms with E-state index in [0.717, 1.165) is 11.1 Å². The number of nitrogens with zero attached hydrogens (tertiary/aromatic N) is 1. The Labute approximate surface area is 169 Å². The lowest BCUT2D eigenvalue weighted by Crippen LogP contribution is -2.18. The van der Waals surface area contributed by atoms with Gasteiger partial charge >= 0.3 is 0 Å². The topological polar surface area (TPSA) is 83.4 Å². The molecule has 2 aromatic rings. The van der Waals surface area contributed by atoms with Gasteiger partial charge < -0.3 is 20.1 Å². The Hall–Kier alpha value is -3.17. The van der Waals surface area contributed by atoms with Crippen LogP contribution in [-0.2, 0) is 11.2 Å². The van der Waals surface area contributed by atoms with Crippen molar-refractivity contribution in [3.8, 4) is 17.6 Å². The van der Waals surface area contributed by atoms with Gasteiger partial charge in [0.1, 0.15) is 11.6 Å². The first-order valence-corrected chi connectivity index (χ1v) is 8.98. The highest BCUT2D eigenvalue weighted by molar-refractivity contribution is 6.31. The van der Waals surface area contributed by atoms with Crippen molar-refractivity contribution in [2.45, 2.75) is 13.3 Å². The van der Waals surface area contributed by atoms with Crippen LogP contribution in [0.2, 0.25) is 5.02 Å². The standard InChI is InChI=1S/C21H22ClN3O3/c1-14-4-6-17(22)11-18(14)25-21(26)16(12-23)13-24-9-8-15-5-7-19(27-2)20(10-15)28-3/h4-7,10-11,13,24H,8-9H2,1-3H3,(H,25,26)/b16-13-. The summed E-state index contributed by atoms with van der Waals surface area (Å²) in [5, 5.41) is 15.5. The van der Waals surface area contributed by atoms with E-state index in [1.807, 2.05) is 31.2 Å². The summed E-state index contributed by atoms with van der Waals surface area (Å²) in [5.74, 6) is 0.829. The van der Waals surface area contributed by atoms with Crippen molar-refractivity contribution in [3.05, 3.63) is 64.3 Å². The van der Waals surface area contributed by atoms with Gasteiger partial charge in [-0.05, 0) is 48.7 Å². The van der Waals surface area contributed by atoms with Crippen LogP contribution >= 0.6 is 11.6 Å². The first-order chi connectivity index (χ1) is 13.5. The molecule has 146 valence electrons. The molecule has 0 fully saturated rings. The molecule has 0 bridgehead atoms. The van der Waals surface area contributed by atoms with Gasteiger partial charge in [-0.1, -0.05) is 23.7 Å². The molecule has 0 aromatic heterocycles. The lowest BCUT2D eigenvalue weighted by molar-refractivity contribution is -0.112. The van der Waals surface area contributed by atoms with Crippen LogP contribution < -0.4 is 20.1 Å². The Kier molecular flexibility index (Phi) is 7.73. The zero-order valence-electron chi connectivity index (χ0n) is 16.0. The van der Waals surface area contributed by atoms with Gasteiger partial charge in [-0.15, -0.1) is 0 Å². The van der Waals surface area contributed by atoms with Crippen LogP contribution in [0.3, 0.4) is 0 Å². The molecule has 6 nitrogen and oxygen atoms in total. The first kappa shape index (κ1) is 21.1. The second kappa shape index (κ2) is 10.2. The molecule has 28 heavy (non-hydrogen) atoms. The Morgan fingerprint density at radius 2 is 1.93 bits per heavy atom. The van der Waals surface area contributed by atoms with E-state index in [1.54, 1.807) is 32.4 Å². The molecule has 0 unspecified atom stereocenters. The predicted octanol–water partition coefficient (Wildman–Crippen LogP) is 3.84. The monoisotopic (exact) mass is 399 g/mol. The van der Waals surface area contributed by atoms with E-state index in [1.165, 1.54) is 6.20 Å². The van der Waals surface area contributed by atoms with E-state index < -0.39 is 5.91 Å². The number of aryl methyl sites for hydroxylation is 1. The van der Waals surface area contributed by atoms with Crippen molar-refractivity contribution in [1.82, 2.24) is 5.32 Å². The third-order valence-corrected chi connectivity index (χ3v) is 4.30. The molecule has 0 atom stereocenters. The summed E-state index contributed by atoms with van der Waals surface area (Å²) >= 11 is 5.95. The van der Waals surface area contributed by atoms with Crippen LogP contribution in [0.5, 0.6) is 11.5 Å². The van der Waals surface area contributed by atoms with E-state index >= 15 is 0 Å². The molecule has 7 heteroatoms. The third-order valence-electron chi connectivity index (χ3n) is 4.07. The third kappa shape index (κ3) is 5.66. The van der Waals surface area contributed by atoms with Gasteiger partial charge in [0.15, 0.2) is 11.5 Å². The molecule has 0 heterocycles. The minimum Gasteiger partial charge on any atom is -0.493 e. The minimum absolute atomic E-state index is 0.0216. The molecule has 0 aliphatic carbocycles. The second-order valence-corrected chi connectivity index (χ2v) is 6.41. The number of amides is 1. The van der Waals surface area contributed by atoms with Gasteiger partial charge in [0.25, 0.3) is 5.91 Å². The van der Waals surface area contributed by atoms with Gasteiger partial charge in [0, 0.05) is 23.5 Å². The number of nitrogens with one attached hydrogen (secondary N) is 2. The molecule has 0 saturated heterocycles. The molecule has 1 amide bonds. The second-order valence-electron chi connectivity index (χ2n) is 5.98. The molecule has 0 aliphatic heterocycles. The van der Waals surface area contributed by atoms with E-state index in [0.29, 0.717) is 35.2 Å². The lowest BCUT2D eigenvalue weighted by atomic mass is 10.1. The molecule has 2 rings (SSSR count). The van der Waals surface area contributed by atoms with Crippen molar-refractivity contribution < 1.29 is 14.3 Å². The molecule has 2 N–H and O–H groups in total. The minimum atomic E-state index is -0.494. The Morgan fingerprint density at radius 1 is 1.18 bits per heavy atom. The van der Waals surface area contributed by atoms with Crippen LogP contribution in [0.4, 0.5) is 5.69 Å². The van der Waals surface area contributed by atoms with Crippen LogP contribution in [0, 0.1) is 18.3 Å². The molecular formula is C21H22ClN3O3. The average Bonchev–Trinajstić information content (AvgIpc) is 2.70. The first-order valence-electron chi connectivity index (χ1n) is 8.60. The fraction of sp³-hybridized carbons (Fsp3) is 0.238. The predicted molar refractivity (Wildman–Crippen MR) is 110 cm³/mol. The van der Waals surface area contributed by atoms with Crippen LogP contribution in [-0.4, -0.2) is 26.7 Å². The maximum absolute atomic E-state index is 12.3. The van der Waals surface area contributed by atoms with Gasteiger partial charge in [-0.25, -0.2) is 0 Å². The Bertz CT molecular complexity index is 920. The van der Waals surface area contributed by atoms with Gasteiger partial charge in [-0.2, -0.15) is 5.26 Å². The number of ether oxygens (including phenoxy) is 2. The van der Waals surface area contributed by atoms with Crippen molar-refractivity contribution in [1.29, 1.82) is 5.26 Å². The number of benzene rings is 2. The highest BCUT2D eigenvalue weighted by atomic mass is 35.5. The van der Waals surface area contributed by atoms with E-state index in [4.69, 9.17) is 21.1 Å². The SMILES string of the molecule is COc1ccc(CCN/C=C(/C#N)C(=O)Nc2cc(Cl)ccc2C)cc1OC. The van der Waals surface area contributed by atoms with Crippen molar-refractivity contribution in [2.24, 2.45) is 0 Å². The molecule has 0 spiro atoms. The van der Waals surface area contributed by atoms with Crippen LogP contribution in [0.25, 0.3) is 0 Å². The number of hydrogen-bond acceptors (Lipinski definition) is 5. The van der Waals surface area contributed by atoms with Crippen LogP contribution in [0.15, 0.2) is 48.2 Å². The fourth-order valence-corrected chi connectivity index (χ4v) is 2.67. The molecule has 0 radical (unpaired) electrons.